The molecule has 85 heavy (non-hydrogen) atoms. The second-order valence-electron chi connectivity index (χ2n) is 25.3. The summed E-state index contributed by atoms with van der Waals surface area (Å²) >= 11 is 0. The molecule has 13 atom stereocenters. The van der Waals surface area contributed by atoms with Gasteiger partial charge >= 0.3 is 0 Å². The zero-order valence-corrected chi connectivity index (χ0v) is 55.1. The van der Waals surface area contributed by atoms with Crippen molar-refractivity contribution in [3.8, 4) is 6.07 Å². The Hall–Kier alpha value is -6.64. The standard InChI is InChI=1S/C61H106N12O12/c1-23-25-26-39(14)51(75)48-54(78)65-42(24-2)58(82)68(17)32-46(74)72(21)50(38(13)27-28-62)56(80)66-47(36(9)10)61(85)69(18)43(29-33(3)4)53(77)63-40(15)52(76)64-41(16)57(81)70(19)44(30-34(5)6)59(83)71(20)45(31-35(7)8)60(84)73(22)49(37(11)12)55(79)67-48/h23,25,33-45,47-51,75H,24,26-27,29-32H2,1-22H3,(H,63,77)(H,64,76)(H,65,78)(H,66,80)(H,67,79)/b25-23+/t38-,39-,40+,41-,42+,43+,44+,45+,47+,48+,49+,50+,51-/m1/s1. The molecule has 1 saturated heterocycles. The van der Waals surface area contributed by atoms with Crippen LogP contribution in [0.4, 0.5) is 0 Å². The molecule has 0 unspecified atom stereocenters. The van der Waals surface area contributed by atoms with Crippen LogP contribution in [0.2, 0.25) is 0 Å². The maximum Gasteiger partial charge on any atom is 0.245 e. The lowest BCUT2D eigenvalue weighted by Crippen LogP contribution is -2.63. The third-order valence-corrected chi connectivity index (χ3v) is 15.8. The van der Waals surface area contributed by atoms with Gasteiger partial charge in [0, 0.05) is 48.7 Å². The zero-order chi connectivity index (χ0) is 65.8. The summed E-state index contributed by atoms with van der Waals surface area (Å²) in [7, 11) is 8.32. The summed E-state index contributed by atoms with van der Waals surface area (Å²) < 4.78 is 0. The van der Waals surface area contributed by atoms with E-state index in [1.807, 2.05) is 47.6 Å². The Kier molecular flexibility index (Phi) is 31.5. The van der Waals surface area contributed by atoms with Crippen LogP contribution in [0.15, 0.2) is 12.2 Å². The maximum absolute atomic E-state index is 15.0. The molecule has 0 aromatic rings. The number of aliphatic hydroxyl groups excluding tert-OH is 1. The molecule has 482 valence electrons. The summed E-state index contributed by atoms with van der Waals surface area (Å²) in [6.45, 7) is 26.7. The topological polar surface area (TPSA) is 311 Å². The minimum absolute atomic E-state index is 0.0167. The van der Waals surface area contributed by atoms with Crippen LogP contribution < -0.4 is 26.6 Å². The fraction of sp³-hybridized carbons (Fsp3) is 0.770. The van der Waals surface area contributed by atoms with Gasteiger partial charge in [-0.2, -0.15) is 5.26 Å². The van der Waals surface area contributed by atoms with Gasteiger partial charge in [0.2, 0.25) is 65.0 Å². The normalized spacial score (nSPS) is 27.0. The Morgan fingerprint density at radius 3 is 1.46 bits per heavy atom. The van der Waals surface area contributed by atoms with Crippen LogP contribution in [0.5, 0.6) is 0 Å². The first-order valence-electron chi connectivity index (χ1n) is 30.1. The Balaban J connectivity index is 4.30. The minimum Gasteiger partial charge on any atom is -0.390 e. The Morgan fingerprint density at radius 2 is 0.988 bits per heavy atom. The molecular weight excluding hydrogens is 1090 g/mol. The lowest BCUT2D eigenvalue weighted by molar-refractivity contribution is -0.154. The summed E-state index contributed by atoms with van der Waals surface area (Å²) in [6, 6.07) is -10.9. The average Bonchev–Trinajstić information content (AvgIpc) is 3.22. The van der Waals surface area contributed by atoms with Crippen molar-refractivity contribution >= 4 is 65.0 Å². The van der Waals surface area contributed by atoms with Crippen molar-refractivity contribution in [1.29, 1.82) is 5.26 Å². The van der Waals surface area contributed by atoms with Gasteiger partial charge in [-0.05, 0) is 94.3 Å². The maximum atomic E-state index is 15.0. The van der Waals surface area contributed by atoms with Gasteiger partial charge < -0.3 is 61.1 Å². The van der Waals surface area contributed by atoms with Gasteiger partial charge in [-0.3, -0.25) is 52.7 Å². The van der Waals surface area contributed by atoms with Crippen LogP contribution >= 0.6 is 0 Å². The van der Waals surface area contributed by atoms with E-state index < -0.39 is 162 Å². The highest BCUT2D eigenvalue weighted by Crippen LogP contribution is 2.24. The number of carbonyl (C=O) groups is 11. The Bertz CT molecular complexity index is 2390. The molecule has 0 aromatic carbocycles. The van der Waals surface area contributed by atoms with Crippen LogP contribution in [0, 0.1) is 52.8 Å². The van der Waals surface area contributed by atoms with E-state index in [9.17, 15) is 63.1 Å². The van der Waals surface area contributed by atoms with Gasteiger partial charge in [-0.15, -0.1) is 0 Å². The molecule has 0 radical (unpaired) electrons. The third kappa shape index (κ3) is 21.7. The van der Waals surface area contributed by atoms with Gasteiger partial charge in [0.15, 0.2) is 0 Å². The van der Waals surface area contributed by atoms with Crippen LogP contribution in [0.3, 0.4) is 0 Å². The van der Waals surface area contributed by atoms with Crippen molar-refractivity contribution in [2.24, 2.45) is 41.4 Å². The van der Waals surface area contributed by atoms with Gasteiger partial charge in [0.1, 0.15) is 60.4 Å². The molecule has 24 heteroatoms. The van der Waals surface area contributed by atoms with E-state index >= 15 is 0 Å². The molecule has 1 aliphatic heterocycles. The molecule has 0 saturated carbocycles. The van der Waals surface area contributed by atoms with Crippen molar-refractivity contribution in [2.45, 2.75) is 216 Å². The number of hydrogen-bond acceptors (Lipinski definition) is 13. The molecule has 0 bridgehead atoms. The van der Waals surface area contributed by atoms with Crippen LogP contribution in [-0.4, -0.2) is 215 Å². The molecule has 1 aliphatic rings. The first kappa shape index (κ1) is 76.4. The number of hydrogen-bond donors (Lipinski definition) is 6. The van der Waals surface area contributed by atoms with Crippen molar-refractivity contribution in [2.75, 3.05) is 48.8 Å². The van der Waals surface area contributed by atoms with E-state index in [2.05, 4.69) is 26.6 Å². The predicted molar refractivity (Wildman–Crippen MR) is 324 cm³/mol. The number of nitrogens with zero attached hydrogens (tertiary/aromatic N) is 7. The first-order chi connectivity index (χ1) is 39.3. The Labute approximate surface area is 506 Å². The summed E-state index contributed by atoms with van der Waals surface area (Å²) in [6.07, 6.45) is 2.47. The molecule has 0 spiro atoms. The van der Waals surface area contributed by atoms with E-state index in [-0.39, 0.29) is 56.3 Å². The quantitative estimate of drug-likeness (QED) is 0.129. The SMILES string of the molecule is C/C=C/C[C@@H](C)[C@@H](O)[C@@H]1NC(=O)[C@H](C(C)C)N(C)C(=O)[C@H](CC(C)C)N(C)C(=O)[C@H](CC(C)C)N(C)C(=O)[C@@H](C)NC(=O)[C@H](C)NC(=O)[C@H](CC(C)C)N(C)C(=O)[C@H](C(C)C)NC(=O)[C@H]([C@H](C)CC#N)N(C)C(=O)CN(C)C(=O)[C@H](CC)NC1=O. The number of aliphatic hydroxyl groups is 1. The average molecular weight is 1200 g/mol. The highest BCUT2D eigenvalue weighted by molar-refractivity contribution is 5.99. The van der Waals surface area contributed by atoms with Crippen molar-refractivity contribution in [3.63, 3.8) is 0 Å². The van der Waals surface area contributed by atoms with Crippen LogP contribution in [-0.2, 0) is 52.7 Å². The van der Waals surface area contributed by atoms with Crippen molar-refractivity contribution in [3.05, 3.63) is 12.2 Å². The predicted octanol–water partition coefficient (Wildman–Crippen LogP) is 2.43. The highest BCUT2D eigenvalue weighted by atomic mass is 16.3. The second-order valence-corrected chi connectivity index (χ2v) is 25.3. The van der Waals surface area contributed by atoms with Gasteiger partial charge in [-0.25, -0.2) is 0 Å². The minimum atomic E-state index is -1.69. The van der Waals surface area contributed by atoms with E-state index in [0.29, 0.717) is 0 Å². The zero-order valence-electron chi connectivity index (χ0n) is 55.1. The molecule has 6 N–H and O–H groups in total. The van der Waals surface area contributed by atoms with Crippen LogP contribution in [0.25, 0.3) is 0 Å². The van der Waals surface area contributed by atoms with Gasteiger partial charge in [0.05, 0.1) is 18.7 Å². The number of allylic oxidation sites excluding steroid dienone is 2. The summed E-state index contributed by atoms with van der Waals surface area (Å²) in [5.74, 6) is -11.2. The van der Waals surface area contributed by atoms with E-state index in [4.69, 9.17) is 0 Å². The van der Waals surface area contributed by atoms with Gasteiger partial charge in [-0.1, -0.05) is 102 Å². The van der Waals surface area contributed by atoms with Crippen molar-refractivity contribution in [1.82, 2.24) is 56.0 Å². The largest absolute Gasteiger partial charge is 0.390 e. The number of nitrogens with one attached hydrogen (secondary N) is 5. The Morgan fingerprint density at radius 1 is 0.529 bits per heavy atom. The number of rotatable bonds is 15. The van der Waals surface area contributed by atoms with Gasteiger partial charge in [0.25, 0.3) is 0 Å². The second kappa shape index (κ2) is 35.1. The molecule has 11 amide bonds. The number of nitriles is 1. The fourth-order valence-electron chi connectivity index (χ4n) is 10.5. The molecule has 1 fully saturated rings. The third-order valence-electron chi connectivity index (χ3n) is 15.8. The lowest BCUT2D eigenvalue weighted by atomic mass is 9.92. The smallest absolute Gasteiger partial charge is 0.245 e. The summed E-state index contributed by atoms with van der Waals surface area (Å²) in [5.41, 5.74) is 0. The van der Waals surface area contributed by atoms with E-state index in [0.717, 1.165) is 9.80 Å². The summed E-state index contributed by atoms with van der Waals surface area (Å²) in [5, 5.41) is 35.1. The van der Waals surface area contributed by atoms with Crippen LogP contribution in [0.1, 0.15) is 149 Å². The fourth-order valence-corrected chi connectivity index (χ4v) is 10.5. The lowest BCUT2D eigenvalue weighted by Gasteiger charge is -2.40. The number of carbonyl (C=O) groups excluding carboxylic acids is 11. The molecule has 1 rings (SSSR count). The number of likely N-dealkylation sites (N-methyl/N-ethyl adjacent to an activating group) is 6. The monoisotopic (exact) mass is 1200 g/mol. The van der Waals surface area contributed by atoms with Crippen molar-refractivity contribution < 1.29 is 57.8 Å². The number of amides is 11. The molecule has 0 aromatic heterocycles. The molecular formula is C61H106N12O12. The van der Waals surface area contributed by atoms with E-state index in [1.165, 1.54) is 75.7 Å². The highest BCUT2D eigenvalue weighted by Gasteiger charge is 2.44. The summed E-state index contributed by atoms with van der Waals surface area (Å²) in [4.78, 5) is 166. The molecule has 1 heterocycles. The molecule has 24 nitrogen and oxygen atoms in total. The van der Waals surface area contributed by atoms with E-state index in [1.54, 1.807) is 67.5 Å². The first-order valence-corrected chi connectivity index (χ1v) is 30.1. The molecule has 0 aliphatic carbocycles.